The molecule has 1 aliphatic carbocycles. The summed E-state index contributed by atoms with van der Waals surface area (Å²) in [6.07, 6.45) is 4.45. The number of nitrogens with zero attached hydrogens (tertiary/aromatic N) is 1. The maximum absolute atomic E-state index is 8.84. The van der Waals surface area contributed by atoms with Crippen molar-refractivity contribution in [3.05, 3.63) is 15.6 Å². The fourth-order valence-electron chi connectivity index (χ4n) is 2.23. The topological polar surface area (TPSA) is 45.2 Å². The predicted molar refractivity (Wildman–Crippen MR) is 71.3 cm³/mol. The van der Waals surface area contributed by atoms with Crippen molar-refractivity contribution >= 4 is 11.3 Å². The largest absolute Gasteiger partial charge is 0.396 e. The zero-order chi connectivity index (χ0) is 12.3. The molecule has 1 heterocycles. The third kappa shape index (κ3) is 3.50. The highest BCUT2D eigenvalue weighted by Gasteiger charge is 2.19. The number of aliphatic hydroxyl groups excluding tert-OH is 1. The molecule has 2 N–H and O–H groups in total. The Morgan fingerprint density at radius 2 is 2.41 bits per heavy atom. The van der Waals surface area contributed by atoms with E-state index in [0.29, 0.717) is 6.04 Å². The van der Waals surface area contributed by atoms with Gasteiger partial charge in [0.25, 0.3) is 0 Å². The van der Waals surface area contributed by atoms with Crippen molar-refractivity contribution in [1.82, 2.24) is 10.3 Å². The minimum atomic E-state index is 0.250. The van der Waals surface area contributed by atoms with Gasteiger partial charge in [-0.25, -0.2) is 4.98 Å². The van der Waals surface area contributed by atoms with E-state index in [0.717, 1.165) is 25.3 Å². The first-order valence-corrected chi connectivity index (χ1v) is 7.32. The van der Waals surface area contributed by atoms with Crippen LogP contribution in [0.3, 0.4) is 0 Å². The van der Waals surface area contributed by atoms with E-state index in [9.17, 15) is 0 Å². The highest BCUT2D eigenvalue weighted by atomic mass is 32.1. The van der Waals surface area contributed by atoms with Crippen molar-refractivity contribution in [1.29, 1.82) is 0 Å². The standard InChI is InChI=1S/C13H22N2OS/c1-9-3-4-11-12(7-9)17-13(15-11)8-14-10(2)5-6-16/h9-10,14,16H,3-8H2,1-2H3/t9?,10-/m1/s1. The van der Waals surface area contributed by atoms with E-state index in [4.69, 9.17) is 10.1 Å². The number of hydrogen-bond acceptors (Lipinski definition) is 4. The number of aromatic nitrogens is 1. The molecule has 0 bridgehead atoms. The van der Waals surface area contributed by atoms with Gasteiger partial charge < -0.3 is 10.4 Å². The summed E-state index contributed by atoms with van der Waals surface area (Å²) in [7, 11) is 0. The van der Waals surface area contributed by atoms with E-state index in [2.05, 4.69) is 19.2 Å². The number of thiazole rings is 1. The molecule has 0 saturated heterocycles. The Labute approximate surface area is 107 Å². The van der Waals surface area contributed by atoms with Gasteiger partial charge in [0.2, 0.25) is 0 Å². The fraction of sp³-hybridized carbons (Fsp3) is 0.769. The molecule has 0 aliphatic heterocycles. The van der Waals surface area contributed by atoms with Gasteiger partial charge in [-0.2, -0.15) is 0 Å². The molecule has 1 aromatic heterocycles. The Bertz CT molecular complexity index is 364. The number of fused-ring (bicyclic) bond motifs is 1. The summed E-state index contributed by atoms with van der Waals surface area (Å²) < 4.78 is 0. The van der Waals surface area contributed by atoms with Crippen molar-refractivity contribution < 1.29 is 5.11 Å². The van der Waals surface area contributed by atoms with Gasteiger partial charge in [-0.15, -0.1) is 11.3 Å². The second-order valence-corrected chi connectivity index (χ2v) is 6.29. The maximum Gasteiger partial charge on any atom is 0.107 e. The van der Waals surface area contributed by atoms with Crippen LogP contribution in [0.2, 0.25) is 0 Å². The highest BCUT2D eigenvalue weighted by molar-refractivity contribution is 7.11. The van der Waals surface area contributed by atoms with Crippen molar-refractivity contribution in [2.24, 2.45) is 5.92 Å². The first-order chi connectivity index (χ1) is 8.19. The molecule has 0 radical (unpaired) electrons. The van der Waals surface area contributed by atoms with Gasteiger partial charge >= 0.3 is 0 Å². The van der Waals surface area contributed by atoms with Crippen LogP contribution in [0.4, 0.5) is 0 Å². The lowest BCUT2D eigenvalue weighted by Gasteiger charge is -2.15. The molecule has 1 unspecified atom stereocenters. The number of aryl methyl sites for hydroxylation is 1. The summed E-state index contributed by atoms with van der Waals surface area (Å²) in [5, 5.41) is 13.5. The molecule has 1 aromatic rings. The monoisotopic (exact) mass is 254 g/mol. The summed E-state index contributed by atoms with van der Waals surface area (Å²) in [6.45, 7) is 5.52. The SMILES string of the molecule is CC1CCc2nc(CN[C@H](C)CCO)sc2C1. The highest BCUT2D eigenvalue weighted by Crippen LogP contribution is 2.29. The van der Waals surface area contributed by atoms with E-state index in [1.54, 1.807) is 0 Å². The molecule has 17 heavy (non-hydrogen) atoms. The summed E-state index contributed by atoms with van der Waals surface area (Å²) in [5.74, 6) is 0.817. The first kappa shape index (κ1) is 13.0. The van der Waals surface area contributed by atoms with E-state index in [1.165, 1.54) is 28.4 Å². The summed E-state index contributed by atoms with van der Waals surface area (Å²) in [5.41, 5.74) is 1.33. The van der Waals surface area contributed by atoms with Crippen LogP contribution in [0.15, 0.2) is 0 Å². The molecule has 3 nitrogen and oxygen atoms in total. The van der Waals surface area contributed by atoms with Crippen LogP contribution >= 0.6 is 11.3 Å². The Hall–Kier alpha value is -0.450. The Kier molecular flexibility index (Phi) is 4.54. The van der Waals surface area contributed by atoms with Crippen molar-refractivity contribution in [3.63, 3.8) is 0 Å². The second-order valence-electron chi connectivity index (χ2n) is 5.12. The van der Waals surface area contributed by atoms with Gasteiger partial charge in [-0.3, -0.25) is 0 Å². The summed E-state index contributed by atoms with van der Waals surface area (Å²) in [6, 6.07) is 0.361. The second kappa shape index (κ2) is 5.94. The Balaban J connectivity index is 1.90. The van der Waals surface area contributed by atoms with E-state index < -0.39 is 0 Å². The van der Waals surface area contributed by atoms with Gasteiger partial charge in [0, 0.05) is 24.1 Å². The zero-order valence-corrected chi connectivity index (χ0v) is 11.5. The number of aliphatic hydroxyl groups is 1. The third-order valence-corrected chi connectivity index (χ3v) is 4.51. The quantitative estimate of drug-likeness (QED) is 0.846. The van der Waals surface area contributed by atoms with Crippen LogP contribution in [-0.2, 0) is 19.4 Å². The first-order valence-electron chi connectivity index (χ1n) is 6.50. The van der Waals surface area contributed by atoms with Gasteiger partial charge in [-0.1, -0.05) is 6.92 Å². The number of nitrogens with one attached hydrogen (secondary N) is 1. The van der Waals surface area contributed by atoms with Gasteiger partial charge in [-0.05, 0) is 38.5 Å². The van der Waals surface area contributed by atoms with E-state index in [-0.39, 0.29) is 6.61 Å². The maximum atomic E-state index is 8.84. The molecule has 96 valence electrons. The van der Waals surface area contributed by atoms with Crippen LogP contribution in [0, 0.1) is 5.92 Å². The van der Waals surface area contributed by atoms with Crippen molar-refractivity contribution in [2.75, 3.05) is 6.61 Å². The molecule has 0 spiro atoms. The molecule has 1 aliphatic rings. The Morgan fingerprint density at radius 1 is 1.59 bits per heavy atom. The van der Waals surface area contributed by atoms with Crippen LogP contribution < -0.4 is 5.32 Å². The molecule has 0 aromatic carbocycles. The lowest BCUT2D eigenvalue weighted by atomic mass is 9.93. The van der Waals surface area contributed by atoms with Crippen LogP contribution in [-0.4, -0.2) is 22.7 Å². The molecular weight excluding hydrogens is 232 g/mol. The number of rotatable bonds is 5. The van der Waals surface area contributed by atoms with Crippen LogP contribution in [0.5, 0.6) is 0 Å². The fourth-order valence-corrected chi connectivity index (χ4v) is 3.46. The van der Waals surface area contributed by atoms with E-state index in [1.807, 2.05) is 11.3 Å². The normalized spacial score (nSPS) is 21.2. The van der Waals surface area contributed by atoms with Crippen molar-refractivity contribution in [2.45, 2.75) is 52.1 Å². The number of hydrogen-bond donors (Lipinski definition) is 2. The van der Waals surface area contributed by atoms with Crippen LogP contribution in [0.25, 0.3) is 0 Å². The van der Waals surface area contributed by atoms with Gasteiger partial charge in [0.1, 0.15) is 5.01 Å². The molecular formula is C13H22N2OS. The van der Waals surface area contributed by atoms with E-state index >= 15 is 0 Å². The van der Waals surface area contributed by atoms with Crippen LogP contribution in [0.1, 0.15) is 42.3 Å². The predicted octanol–water partition coefficient (Wildman–Crippen LogP) is 2.13. The Morgan fingerprint density at radius 3 is 3.18 bits per heavy atom. The molecule has 0 fully saturated rings. The summed E-state index contributed by atoms with van der Waals surface area (Å²) in [4.78, 5) is 6.21. The molecule has 2 rings (SSSR count). The summed E-state index contributed by atoms with van der Waals surface area (Å²) >= 11 is 1.86. The minimum absolute atomic E-state index is 0.250. The smallest absolute Gasteiger partial charge is 0.107 e. The third-order valence-electron chi connectivity index (χ3n) is 3.39. The zero-order valence-electron chi connectivity index (χ0n) is 10.7. The average Bonchev–Trinajstić information content (AvgIpc) is 2.68. The average molecular weight is 254 g/mol. The minimum Gasteiger partial charge on any atom is -0.396 e. The lowest BCUT2D eigenvalue weighted by molar-refractivity contribution is 0.268. The van der Waals surface area contributed by atoms with Gasteiger partial charge in [0.05, 0.1) is 5.69 Å². The molecule has 0 amide bonds. The molecule has 4 heteroatoms. The van der Waals surface area contributed by atoms with Gasteiger partial charge in [0.15, 0.2) is 0 Å². The lowest BCUT2D eigenvalue weighted by Crippen LogP contribution is -2.26. The van der Waals surface area contributed by atoms with Crippen molar-refractivity contribution in [3.8, 4) is 0 Å². The molecule has 2 atom stereocenters. The molecule has 0 saturated carbocycles.